The highest BCUT2D eigenvalue weighted by Gasteiger charge is 2.70. The van der Waals surface area contributed by atoms with E-state index in [1.54, 1.807) is 0 Å². The van der Waals surface area contributed by atoms with E-state index in [0.29, 0.717) is 45.2 Å². The number of fused-ring (bicyclic) bond motifs is 7. The Bertz CT molecular complexity index is 814. The first kappa shape index (κ1) is 23.1. The molecule has 5 fully saturated rings. The summed E-state index contributed by atoms with van der Waals surface area (Å²) in [6.07, 6.45) is 13.6. The number of hydrogen-bond donors (Lipinski definition) is 0. The van der Waals surface area contributed by atoms with Gasteiger partial charge in [0.05, 0.1) is 0 Å². The lowest BCUT2D eigenvalue weighted by atomic mass is 9.32. The Morgan fingerprint density at radius 3 is 2.22 bits per heavy atom. The highest BCUT2D eigenvalue weighted by Crippen LogP contribution is 2.77. The van der Waals surface area contributed by atoms with Crippen LogP contribution in [0.4, 0.5) is 0 Å². The molecule has 0 heterocycles. The number of rotatable bonds is 2. The van der Waals surface area contributed by atoms with E-state index in [0.717, 1.165) is 24.7 Å². The van der Waals surface area contributed by atoms with Crippen molar-refractivity contribution in [1.29, 1.82) is 0 Å². The van der Waals surface area contributed by atoms with Gasteiger partial charge >= 0.3 is 0 Å². The third-order valence-corrected chi connectivity index (χ3v) is 13.5. The number of Topliss-reactive ketones (excluding diaryl/α,β-unsaturated/α-hetero) is 1. The van der Waals surface area contributed by atoms with Crippen molar-refractivity contribution in [2.24, 2.45) is 62.6 Å². The fourth-order valence-corrected chi connectivity index (χ4v) is 11.5. The smallest absolute Gasteiger partial charge is 0.138 e. The third-order valence-electron chi connectivity index (χ3n) is 13.5. The molecule has 2 heteroatoms. The van der Waals surface area contributed by atoms with E-state index >= 15 is 0 Å². The average Bonchev–Trinajstić information content (AvgIpc) is 3.09. The maximum absolute atomic E-state index is 12.9. The molecule has 0 aromatic rings. The van der Waals surface area contributed by atoms with E-state index in [-0.39, 0.29) is 11.3 Å². The summed E-state index contributed by atoms with van der Waals surface area (Å²) in [4.78, 5) is 24.8. The minimum atomic E-state index is -0.160. The van der Waals surface area contributed by atoms with Crippen molar-refractivity contribution < 1.29 is 9.59 Å². The van der Waals surface area contributed by atoms with Crippen molar-refractivity contribution in [1.82, 2.24) is 0 Å². The van der Waals surface area contributed by atoms with Crippen LogP contribution in [0, 0.1) is 62.6 Å². The molecule has 0 bridgehead atoms. The maximum Gasteiger partial charge on any atom is 0.138 e. The van der Waals surface area contributed by atoms with Crippen LogP contribution in [-0.2, 0) is 9.59 Å². The molecule has 0 unspecified atom stereocenters. The van der Waals surface area contributed by atoms with Crippen LogP contribution in [0.1, 0.15) is 113 Å². The second-order valence-corrected chi connectivity index (χ2v) is 14.7. The summed E-state index contributed by atoms with van der Waals surface area (Å²) in [5, 5.41) is 0. The third kappa shape index (κ3) is 2.65. The normalized spacial score (nSPS) is 55.2. The molecular weight excluding hydrogens is 392 g/mol. The molecule has 5 rings (SSSR count). The van der Waals surface area contributed by atoms with Crippen molar-refractivity contribution >= 4 is 12.1 Å². The van der Waals surface area contributed by atoms with E-state index in [9.17, 15) is 9.59 Å². The Kier molecular flexibility index (Phi) is 5.01. The molecule has 0 aromatic heterocycles. The molecule has 0 radical (unpaired) electrons. The predicted molar refractivity (Wildman–Crippen MR) is 130 cm³/mol. The molecule has 5 aliphatic rings. The van der Waals surface area contributed by atoms with Gasteiger partial charge in [-0.05, 0) is 109 Å². The fraction of sp³-hybridized carbons (Fsp3) is 0.933. The highest BCUT2D eigenvalue weighted by atomic mass is 16.1. The molecule has 0 aliphatic heterocycles. The van der Waals surface area contributed by atoms with Crippen molar-refractivity contribution in [2.45, 2.75) is 113 Å². The zero-order valence-corrected chi connectivity index (χ0v) is 21.9. The molecule has 32 heavy (non-hydrogen) atoms. The molecule has 2 nitrogen and oxygen atoms in total. The largest absolute Gasteiger partial charge is 0.303 e. The van der Waals surface area contributed by atoms with Crippen molar-refractivity contribution in [3.8, 4) is 0 Å². The quantitative estimate of drug-likeness (QED) is 0.417. The first-order valence-corrected chi connectivity index (χ1v) is 13.8. The lowest BCUT2D eigenvalue weighted by molar-refractivity contribution is -0.234. The van der Waals surface area contributed by atoms with Gasteiger partial charge < -0.3 is 4.79 Å². The minimum absolute atomic E-state index is 0.160. The fourth-order valence-electron chi connectivity index (χ4n) is 11.5. The predicted octanol–water partition coefficient (Wildman–Crippen LogP) is 7.49. The van der Waals surface area contributed by atoms with Crippen LogP contribution in [0.5, 0.6) is 0 Å². The number of aldehydes is 1. The summed E-state index contributed by atoms with van der Waals surface area (Å²) in [6.45, 7) is 17.2. The molecule has 0 saturated heterocycles. The van der Waals surface area contributed by atoms with Gasteiger partial charge in [0.15, 0.2) is 0 Å². The number of ketones is 1. The van der Waals surface area contributed by atoms with E-state index in [1.165, 1.54) is 57.7 Å². The van der Waals surface area contributed by atoms with Crippen LogP contribution in [0.2, 0.25) is 0 Å². The second-order valence-electron chi connectivity index (χ2n) is 14.7. The van der Waals surface area contributed by atoms with Gasteiger partial charge in [-0.15, -0.1) is 0 Å². The Labute approximate surface area is 197 Å². The molecule has 180 valence electrons. The van der Waals surface area contributed by atoms with Crippen molar-refractivity contribution in [2.75, 3.05) is 0 Å². The second kappa shape index (κ2) is 6.94. The van der Waals surface area contributed by atoms with Crippen molar-refractivity contribution in [3.05, 3.63) is 0 Å². The van der Waals surface area contributed by atoms with Crippen LogP contribution < -0.4 is 0 Å². The number of carbonyl (C=O) groups is 2. The van der Waals surface area contributed by atoms with Gasteiger partial charge in [-0.2, -0.15) is 0 Å². The molecule has 0 spiro atoms. The van der Waals surface area contributed by atoms with Crippen LogP contribution in [0.25, 0.3) is 0 Å². The Morgan fingerprint density at radius 1 is 0.812 bits per heavy atom. The van der Waals surface area contributed by atoms with E-state index < -0.39 is 0 Å². The monoisotopic (exact) mass is 440 g/mol. The number of carbonyl (C=O) groups excluding carboxylic acids is 2. The zero-order chi connectivity index (χ0) is 23.3. The SMILES string of the molecule is C[C@H](C=O)[C@@H]1CC[C@]2(C)CC[C@]3(C)[C@H](CC[C@@H]4[C@@]5(C)CCC(=O)C(C)(C)[C@@H]5CC[C@]43C)[C@@H]12. The van der Waals surface area contributed by atoms with E-state index in [2.05, 4.69) is 48.5 Å². The Balaban J connectivity index is 1.54. The highest BCUT2D eigenvalue weighted by molar-refractivity contribution is 5.85. The van der Waals surface area contributed by atoms with Gasteiger partial charge in [0, 0.05) is 17.8 Å². The van der Waals surface area contributed by atoms with Gasteiger partial charge in [0.25, 0.3) is 0 Å². The summed E-state index contributed by atoms with van der Waals surface area (Å²) in [5.41, 5.74) is 1.30. The summed E-state index contributed by atoms with van der Waals surface area (Å²) in [5.74, 6) is 4.04. The van der Waals surface area contributed by atoms with Crippen LogP contribution in [0.15, 0.2) is 0 Å². The van der Waals surface area contributed by atoms with Crippen LogP contribution in [-0.4, -0.2) is 12.1 Å². The zero-order valence-electron chi connectivity index (χ0n) is 21.9. The average molecular weight is 441 g/mol. The maximum atomic E-state index is 12.9. The molecule has 0 aromatic carbocycles. The first-order valence-electron chi connectivity index (χ1n) is 13.8. The van der Waals surface area contributed by atoms with Gasteiger partial charge in [-0.3, -0.25) is 4.79 Å². The number of hydrogen-bond acceptors (Lipinski definition) is 2. The summed E-state index contributed by atoms with van der Waals surface area (Å²) in [7, 11) is 0. The molecule has 0 amide bonds. The van der Waals surface area contributed by atoms with Gasteiger partial charge in [0.2, 0.25) is 0 Å². The van der Waals surface area contributed by atoms with Gasteiger partial charge in [-0.1, -0.05) is 48.5 Å². The molecule has 0 N–H and O–H groups in total. The van der Waals surface area contributed by atoms with Crippen molar-refractivity contribution in [3.63, 3.8) is 0 Å². The lowest BCUT2D eigenvalue weighted by Gasteiger charge is -2.72. The van der Waals surface area contributed by atoms with Gasteiger partial charge in [-0.25, -0.2) is 0 Å². The van der Waals surface area contributed by atoms with Crippen LogP contribution >= 0.6 is 0 Å². The summed E-state index contributed by atoms with van der Waals surface area (Å²) < 4.78 is 0. The van der Waals surface area contributed by atoms with Gasteiger partial charge in [0.1, 0.15) is 12.1 Å². The molecule has 5 saturated carbocycles. The standard InChI is InChI=1S/C30H48O2/c1-19(18-31)20-10-13-27(4)16-17-29(6)21(25(20)27)8-9-23-28(5)14-12-24(32)26(2,3)22(28)11-15-30(23,29)7/h18-23,25H,8-17H2,1-7H3/t19-,20+,21-,22+,23-,25-,27-,28+,29-,30-/m1/s1. The summed E-state index contributed by atoms with van der Waals surface area (Å²) in [6, 6.07) is 0. The Morgan fingerprint density at radius 2 is 1.53 bits per heavy atom. The molecule has 10 atom stereocenters. The Hall–Kier alpha value is -0.660. The van der Waals surface area contributed by atoms with E-state index in [4.69, 9.17) is 0 Å². The topological polar surface area (TPSA) is 34.1 Å². The lowest BCUT2D eigenvalue weighted by Crippen LogP contribution is -2.66. The summed E-state index contributed by atoms with van der Waals surface area (Å²) >= 11 is 0. The minimum Gasteiger partial charge on any atom is -0.303 e. The van der Waals surface area contributed by atoms with Crippen LogP contribution in [0.3, 0.4) is 0 Å². The molecular formula is C30H48O2. The molecule has 5 aliphatic carbocycles. The van der Waals surface area contributed by atoms with E-state index in [1.807, 2.05) is 0 Å². The first-order chi connectivity index (χ1) is 14.8.